The van der Waals surface area contributed by atoms with Crippen LogP contribution >= 0.6 is 11.8 Å². The van der Waals surface area contributed by atoms with E-state index in [1.807, 2.05) is 30.3 Å². The fraction of sp³-hybridized carbons (Fsp3) is 0.333. The molecule has 2 N–H and O–H groups in total. The standard InChI is InChI=1S/C15H17NO3S/c1-2-7-13(15(18)19)16-14(17)10-6-11-20-12-8-4-3-5-9-12/h1,3-5,8-9,13H,6-7,10-11H2,(H,16,17)(H,18,19). The molecule has 0 saturated heterocycles. The van der Waals surface area contributed by atoms with E-state index in [9.17, 15) is 9.59 Å². The number of nitrogens with one attached hydrogen (secondary N) is 1. The van der Waals surface area contributed by atoms with Gasteiger partial charge in [-0.3, -0.25) is 4.79 Å². The predicted octanol–water partition coefficient (Wildman–Crippen LogP) is 2.15. The maximum absolute atomic E-state index is 11.6. The lowest BCUT2D eigenvalue weighted by Gasteiger charge is -2.11. The molecule has 0 saturated carbocycles. The van der Waals surface area contributed by atoms with E-state index >= 15 is 0 Å². The van der Waals surface area contributed by atoms with Crippen molar-refractivity contribution in [2.75, 3.05) is 5.75 Å². The van der Waals surface area contributed by atoms with E-state index in [0.717, 1.165) is 10.6 Å². The lowest BCUT2D eigenvalue weighted by Crippen LogP contribution is -2.40. The average molecular weight is 291 g/mol. The lowest BCUT2D eigenvalue weighted by molar-refractivity contribution is -0.141. The molecule has 0 aliphatic rings. The second kappa shape index (κ2) is 9.05. The molecule has 1 amide bonds. The maximum Gasteiger partial charge on any atom is 0.327 e. The third-order valence-electron chi connectivity index (χ3n) is 2.52. The number of aliphatic carboxylic acids is 1. The Balaban J connectivity index is 2.23. The number of hydrogen-bond acceptors (Lipinski definition) is 3. The van der Waals surface area contributed by atoms with Gasteiger partial charge in [0.15, 0.2) is 0 Å². The number of thioether (sulfide) groups is 1. The number of benzene rings is 1. The summed E-state index contributed by atoms with van der Waals surface area (Å²) in [5.41, 5.74) is 0. The molecule has 1 unspecified atom stereocenters. The number of carbonyl (C=O) groups excluding carboxylic acids is 1. The number of carboxylic acids is 1. The fourth-order valence-corrected chi connectivity index (χ4v) is 2.40. The highest BCUT2D eigenvalue weighted by molar-refractivity contribution is 7.99. The summed E-state index contributed by atoms with van der Waals surface area (Å²) in [5, 5.41) is 11.3. The molecule has 0 bridgehead atoms. The van der Waals surface area contributed by atoms with Gasteiger partial charge in [0.05, 0.1) is 0 Å². The van der Waals surface area contributed by atoms with Crippen molar-refractivity contribution < 1.29 is 14.7 Å². The van der Waals surface area contributed by atoms with E-state index in [0.29, 0.717) is 12.8 Å². The van der Waals surface area contributed by atoms with Gasteiger partial charge in [0, 0.05) is 17.7 Å². The van der Waals surface area contributed by atoms with Crippen LogP contribution < -0.4 is 5.32 Å². The van der Waals surface area contributed by atoms with E-state index in [2.05, 4.69) is 11.2 Å². The Morgan fingerprint density at radius 3 is 2.65 bits per heavy atom. The molecule has 0 radical (unpaired) electrons. The van der Waals surface area contributed by atoms with Crippen molar-refractivity contribution >= 4 is 23.6 Å². The molecule has 106 valence electrons. The molecule has 1 atom stereocenters. The minimum Gasteiger partial charge on any atom is -0.480 e. The lowest BCUT2D eigenvalue weighted by atomic mass is 10.2. The summed E-state index contributed by atoms with van der Waals surface area (Å²) in [7, 11) is 0. The number of rotatable bonds is 8. The van der Waals surface area contributed by atoms with E-state index in [1.54, 1.807) is 11.8 Å². The van der Waals surface area contributed by atoms with Gasteiger partial charge in [-0.1, -0.05) is 18.2 Å². The van der Waals surface area contributed by atoms with E-state index in [4.69, 9.17) is 11.5 Å². The van der Waals surface area contributed by atoms with E-state index < -0.39 is 12.0 Å². The zero-order valence-electron chi connectivity index (χ0n) is 11.0. The van der Waals surface area contributed by atoms with Crippen LogP contribution in [-0.2, 0) is 9.59 Å². The Bertz CT molecular complexity index is 482. The first-order valence-corrected chi connectivity index (χ1v) is 7.25. The maximum atomic E-state index is 11.6. The minimum absolute atomic E-state index is 0.000160. The van der Waals surface area contributed by atoms with Gasteiger partial charge in [0.1, 0.15) is 6.04 Å². The van der Waals surface area contributed by atoms with Crippen LogP contribution in [0.4, 0.5) is 0 Å². The monoisotopic (exact) mass is 291 g/mol. The Hall–Kier alpha value is -1.93. The van der Waals surface area contributed by atoms with Crippen LogP contribution in [0, 0.1) is 12.3 Å². The summed E-state index contributed by atoms with van der Waals surface area (Å²) in [6, 6.07) is 8.92. The van der Waals surface area contributed by atoms with Crippen LogP contribution in [0.1, 0.15) is 19.3 Å². The van der Waals surface area contributed by atoms with Gasteiger partial charge in [0.25, 0.3) is 0 Å². The van der Waals surface area contributed by atoms with Crippen LogP contribution in [-0.4, -0.2) is 28.8 Å². The van der Waals surface area contributed by atoms with Gasteiger partial charge in [-0.25, -0.2) is 4.79 Å². The zero-order valence-corrected chi connectivity index (χ0v) is 11.9. The summed E-state index contributed by atoms with van der Waals surface area (Å²) in [6.07, 6.45) is 6.05. The highest BCUT2D eigenvalue weighted by Gasteiger charge is 2.18. The van der Waals surface area contributed by atoms with Crippen molar-refractivity contribution in [2.45, 2.75) is 30.2 Å². The molecular weight excluding hydrogens is 274 g/mol. The first-order valence-electron chi connectivity index (χ1n) is 6.27. The summed E-state index contributed by atoms with van der Waals surface area (Å²) in [5.74, 6) is 1.67. The first kappa shape index (κ1) is 16.1. The fourth-order valence-electron chi connectivity index (χ4n) is 1.52. The minimum atomic E-state index is -1.10. The van der Waals surface area contributed by atoms with Crippen molar-refractivity contribution in [3.63, 3.8) is 0 Å². The first-order chi connectivity index (χ1) is 9.63. The second-order valence-corrected chi connectivity index (χ2v) is 5.30. The molecule has 0 heterocycles. The second-order valence-electron chi connectivity index (χ2n) is 4.13. The molecule has 0 spiro atoms. The number of carboxylic acid groups (broad SMARTS) is 1. The van der Waals surface area contributed by atoms with Gasteiger partial charge in [-0.15, -0.1) is 24.1 Å². The normalized spacial score (nSPS) is 11.3. The summed E-state index contributed by atoms with van der Waals surface area (Å²) in [4.78, 5) is 23.6. The largest absolute Gasteiger partial charge is 0.480 e. The Kier molecular flexibility index (Phi) is 7.30. The molecule has 4 nitrogen and oxygen atoms in total. The average Bonchev–Trinajstić information content (AvgIpc) is 2.44. The predicted molar refractivity (Wildman–Crippen MR) is 79.4 cm³/mol. The van der Waals surface area contributed by atoms with Crippen LogP contribution in [0.15, 0.2) is 35.2 Å². The van der Waals surface area contributed by atoms with Crippen LogP contribution in [0.2, 0.25) is 0 Å². The Labute approximate surface area is 123 Å². The summed E-state index contributed by atoms with van der Waals surface area (Å²) in [6.45, 7) is 0. The molecule has 5 heteroatoms. The van der Waals surface area contributed by atoms with Gasteiger partial charge >= 0.3 is 5.97 Å². The van der Waals surface area contributed by atoms with Gasteiger partial charge in [0.2, 0.25) is 5.91 Å². The number of carbonyl (C=O) groups is 2. The molecule has 0 fully saturated rings. The molecular formula is C15H17NO3S. The molecule has 1 aromatic rings. The molecule has 0 aromatic heterocycles. The van der Waals surface area contributed by atoms with Crippen LogP contribution in [0.5, 0.6) is 0 Å². The van der Waals surface area contributed by atoms with Crippen molar-refractivity contribution in [1.29, 1.82) is 0 Å². The van der Waals surface area contributed by atoms with Crippen molar-refractivity contribution in [2.24, 2.45) is 0 Å². The molecule has 1 rings (SSSR count). The Morgan fingerprint density at radius 2 is 2.05 bits per heavy atom. The zero-order chi connectivity index (χ0) is 14.8. The number of amides is 1. The highest BCUT2D eigenvalue weighted by atomic mass is 32.2. The molecule has 1 aromatic carbocycles. The smallest absolute Gasteiger partial charge is 0.327 e. The third kappa shape index (κ3) is 6.30. The molecule has 20 heavy (non-hydrogen) atoms. The third-order valence-corrected chi connectivity index (χ3v) is 3.61. The van der Waals surface area contributed by atoms with Gasteiger partial charge < -0.3 is 10.4 Å². The van der Waals surface area contributed by atoms with Crippen molar-refractivity contribution in [3.05, 3.63) is 30.3 Å². The van der Waals surface area contributed by atoms with E-state index in [-0.39, 0.29) is 12.3 Å². The highest BCUT2D eigenvalue weighted by Crippen LogP contribution is 2.18. The number of terminal acetylenes is 1. The van der Waals surface area contributed by atoms with Gasteiger partial charge in [-0.05, 0) is 24.3 Å². The van der Waals surface area contributed by atoms with Crippen molar-refractivity contribution in [3.8, 4) is 12.3 Å². The number of hydrogen-bond donors (Lipinski definition) is 2. The Morgan fingerprint density at radius 1 is 1.35 bits per heavy atom. The van der Waals surface area contributed by atoms with Gasteiger partial charge in [-0.2, -0.15) is 0 Å². The molecule has 0 aliphatic carbocycles. The SMILES string of the molecule is C#CCC(NC(=O)CCCSc1ccccc1)C(=O)O. The summed E-state index contributed by atoms with van der Waals surface area (Å²) < 4.78 is 0. The quantitative estimate of drug-likeness (QED) is 0.437. The summed E-state index contributed by atoms with van der Waals surface area (Å²) >= 11 is 1.67. The molecule has 0 aliphatic heterocycles. The van der Waals surface area contributed by atoms with Crippen molar-refractivity contribution in [1.82, 2.24) is 5.32 Å². The van der Waals surface area contributed by atoms with Crippen LogP contribution in [0.3, 0.4) is 0 Å². The van der Waals surface area contributed by atoms with Crippen LogP contribution in [0.25, 0.3) is 0 Å². The van der Waals surface area contributed by atoms with E-state index in [1.165, 1.54) is 0 Å². The topological polar surface area (TPSA) is 66.4 Å².